The van der Waals surface area contributed by atoms with Gasteiger partial charge in [0, 0.05) is 6.20 Å². The summed E-state index contributed by atoms with van der Waals surface area (Å²) < 4.78 is 67.0. The summed E-state index contributed by atoms with van der Waals surface area (Å²) in [7, 11) is -3.22. The Kier molecular flexibility index (Phi) is 6.20. The minimum absolute atomic E-state index is 0.0760. The second-order valence-corrected chi connectivity index (χ2v) is 7.38. The molecule has 7 nitrogen and oxygen atoms in total. The average molecular weight is 444 g/mol. The first-order valence-electron chi connectivity index (χ1n) is 6.84. The molecule has 0 atom stereocenters. The molecule has 0 aliphatic heterocycles. The molecule has 0 radical (unpaired) electrons. The molecule has 27 heavy (non-hydrogen) atoms. The highest BCUT2D eigenvalue weighted by atomic mass is 35.5. The molecule has 0 unspecified atom stereocenters. The molecule has 2 aromatic rings. The van der Waals surface area contributed by atoms with Gasteiger partial charge in [-0.05, 0) is 24.3 Å². The average Bonchev–Trinajstić information content (AvgIpc) is 2.59. The molecule has 0 fully saturated rings. The van der Waals surface area contributed by atoms with Crippen molar-refractivity contribution in [3.8, 4) is 0 Å². The third-order valence-electron chi connectivity index (χ3n) is 3.11. The fraction of sp³-hybridized carbons (Fsp3) is 0.143. The molecular weight excluding hydrogens is 434 g/mol. The number of halogens is 5. The molecule has 1 heterocycles. The number of nitrogens with zero attached hydrogens (tertiary/aromatic N) is 1. The van der Waals surface area contributed by atoms with E-state index in [1.54, 1.807) is 0 Å². The van der Waals surface area contributed by atoms with Crippen LogP contribution in [0.1, 0.15) is 15.9 Å². The second kappa shape index (κ2) is 7.89. The molecule has 2 rings (SSSR count). The molecule has 2 N–H and O–H groups in total. The Labute approximate surface area is 161 Å². The minimum atomic E-state index is -4.66. The number of hydrazine groups is 1. The molecule has 0 bridgehead atoms. The van der Waals surface area contributed by atoms with Crippen molar-refractivity contribution in [3.05, 3.63) is 51.6 Å². The lowest BCUT2D eigenvalue weighted by molar-refractivity contribution is -0.137. The number of benzene rings is 1. The number of alkyl halides is 3. The molecule has 0 aliphatic rings. The number of anilines is 1. The maximum atomic E-state index is 12.6. The van der Waals surface area contributed by atoms with Gasteiger partial charge in [-0.15, -0.1) is 4.83 Å². The zero-order valence-corrected chi connectivity index (χ0v) is 15.6. The number of carbonyl (C=O) groups excluding carboxylic acids is 1. The number of ether oxygens (including phenoxy) is 1. The van der Waals surface area contributed by atoms with Crippen molar-refractivity contribution in [2.75, 3.05) is 12.5 Å². The summed E-state index contributed by atoms with van der Waals surface area (Å²) in [5, 5.41) is -0.676. The number of carbonyl (C=O) groups is 1. The largest absolute Gasteiger partial charge is 0.465 e. The number of aromatic nitrogens is 1. The zero-order valence-electron chi connectivity index (χ0n) is 13.3. The Morgan fingerprint density at radius 3 is 2.41 bits per heavy atom. The Hall–Kier alpha value is -2.08. The van der Waals surface area contributed by atoms with Gasteiger partial charge in [0.15, 0.2) is 5.82 Å². The quantitative estimate of drug-likeness (QED) is 0.542. The van der Waals surface area contributed by atoms with E-state index in [2.05, 4.69) is 15.1 Å². The van der Waals surface area contributed by atoms with E-state index in [1.165, 1.54) is 12.1 Å². The molecule has 0 saturated heterocycles. The summed E-state index contributed by atoms with van der Waals surface area (Å²) in [5.41, 5.74) is 0.919. The maximum Gasteiger partial charge on any atom is 0.417 e. The number of methoxy groups -OCH3 is 1. The van der Waals surface area contributed by atoms with Gasteiger partial charge in [-0.25, -0.2) is 18.2 Å². The summed E-state index contributed by atoms with van der Waals surface area (Å²) in [5.74, 6) is -1.16. The number of rotatable bonds is 5. The first-order chi connectivity index (χ1) is 12.5. The van der Waals surface area contributed by atoms with Gasteiger partial charge in [-0.1, -0.05) is 23.2 Å². The van der Waals surface area contributed by atoms with Crippen LogP contribution >= 0.6 is 23.2 Å². The van der Waals surface area contributed by atoms with Crippen molar-refractivity contribution >= 4 is 45.0 Å². The van der Waals surface area contributed by atoms with Crippen LogP contribution in [0.3, 0.4) is 0 Å². The first kappa shape index (κ1) is 21.2. The summed E-state index contributed by atoms with van der Waals surface area (Å²) in [4.78, 5) is 16.4. The van der Waals surface area contributed by atoms with E-state index in [-0.39, 0.29) is 16.4 Å². The van der Waals surface area contributed by atoms with Crippen molar-refractivity contribution in [1.82, 2.24) is 9.82 Å². The molecule has 0 spiro atoms. The van der Waals surface area contributed by atoms with E-state index in [1.807, 2.05) is 4.83 Å². The second-order valence-electron chi connectivity index (χ2n) is 4.92. The van der Waals surface area contributed by atoms with Crippen molar-refractivity contribution in [2.24, 2.45) is 0 Å². The predicted octanol–water partition coefficient (Wildman–Crippen LogP) is 3.50. The van der Waals surface area contributed by atoms with Crippen LogP contribution in [0.25, 0.3) is 0 Å². The van der Waals surface area contributed by atoms with E-state index in [9.17, 15) is 26.4 Å². The highest BCUT2D eigenvalue weighted by Gasteiger charge is 2.31. The summed E-state index contributed by atoms with van der Waals surface area (Å²) in [6, 6.07) is 3.98. The molecule has 13 heteroatoms. The number of pyridine rings is 1. The number of nitrogens with one attached hydrogen (secondary N) is 2. The van der Waals surface area contributed by atoms with Crippen LogP contribution in [0.5, 0.6) is 0 Å². The number of sulfonamides is 1. The Bertz CT molecular complexity index is 984. The first-order valence-corrected chi connectivity index (χ1v) is 9.08. The fourth-order valence-corrected chi connectivity index (χ4v) is 3.39. The maximum absolute atomic E-state index is 12.6. The number of hydrogen-bond acceptors (Lipinski definition) is 6. The van der Waals surface area contributed by atoms with Crippen LogP contribution < -0.4 is 10.3 Å². The van der Waals surface area contributed by atoms with Crippen LogP contribution in [0.15, 0.2) is 35.4 Å². The third-order valence-corrected chi connectivity index (χ3v) is 5.13. The Morgan fingerprint density at radius 1 is 1.19 bits per heavy atom. The van der Waals surface area contributed by atoms with Gasteiger partial charge >= 0.3 is 12.1 Å². The van der Waals surface area contributed by atoms with Gasteiger partial charge in [0.2, 0.25) is 0 Å². The topological polar surface area (TPSA) is 97.4 Å². The summed E-state index contributed by atoms with van der Waals surface area (Å²) in [6.07, 6.45) is -4.18. The van der Waals surface area contributed by atoms with Crippen molar-refractivity contribution in [3.63, 3.8) is 0 Å². The molecule has 0 saturated carbocycles. The smallest absolute Gasteiger partial charge is 0.417 e. The minimum Gasteiger partial charge on any atom is -0.465 e. The van der Waals surface area contributed by atoms with Crippen molar-refractivity contribution < 1.29 is 31.1 Å². The van der Waals surface area contributed by atoms with Gasteiger partial charge in [-0.2, -0.15) is 13.2 Å². The molecule has 0 amide bonds. The van der Waals surface area contributed by atoms with E-state index >= 15 is 0 Å². The van der Waals surface area contributed by atoms with Crippen LogP contribution in [0, 0.1) is 0 Å². The highest BCUT2D eigenvalue weighted by molar-refractivity contribution is 7.89. The molecular formula is C14H10Cl2F3N3O4S. The zero-order chi connectivity index (χ0) is 20.4. The lowest BCUT2D eigenvalue weighted by Crippen LogP contribution is -2.30. The number of esters is 1. The summed E-state index contributed by atoms with van der Waals surface area (Å²) in [6.45, 7) is 0. The number of hydrogen-bond donors (Lipinski definition) is 2. The van der Waals surface area contributed by atoms with Crippen LogP contribution in [-0.2, 0) is 20.9 Å². The van der Waals surface area contributed by atoms with E-state index in [4.69, 9.17) is 23.2 Å². The predicted molar refractivity (Wildman–Crippen MR) is 91.0 cm³/mol. The van der Waals surface area contributed by atoms with Crippen LogP contribution in [-0.4, -0.2) is 26.5 Å². The summed E-state index contributed by atoms with van der Waals surface area (Å²) >= 11 is 11.5. The van der Waals surface area contributed by atoms with E-state index in [0.29, 0.717) is 12.3 Å². The lowest BCUT2D eigenvalue weighted by atomic mass is 10.2. The third kappa shape index (κ3) is 5.01. The highest BCUT2D eigenvalue weighted by Crippen LogP contribution is 2.32. The van der Waals surface area contributed by atoms with Gasteiger partial charge in [0.25, 0.3) is 10.0 Å². The van der Waals surface area contributed by atoms with Crippen LogP contribution in [0.4, 0.5) is 19.0 Å². The normalized spacial score (nSPS) is 11.9. The Balaban J connectivity index is 2.26. The van der Waals surface area contributed by atoms with Crippen molar-refractivity contribution in [1.29, 1.82) is 0 Å². The van der Waals surface area contributed by atoms with Gasteiger partial charge < -0.3 is 4.74 Å². The fourth-order valence-electron chi connectivity index (χ4n) is 1.81. The lowest BCUT2D eigenvalue weighted by Gasteiger charge is -2.13. The monoisotopic (exact) mass is 443 g/mol. The SMILES string of the molecule is COC(=O)c1ccc(Cl)c(S(=O)(=O)NNc2ncc(C(F)(F)F)cc2Cl)c1. The molecule has 1 aromatic heterocycles. The van der Waals surface area contributed by atoms with E-state index < -0.39 is 37.7 Å². The van der Waals surface area contributed by atoms with Crippen molar-refractivity contribution in [2.45, 2.75) is 11.1 Å². The molecule has 146 valence electrons. The molecule has 0 aliphatic carbocycles. The standard InChI is InChI=1S/C14H10Cl2F3N3O4S/c1-26-13(23)7-2-3-9(15)11(4-7)27(24,25)22-21-12-10(16)5-8(6-20-12)14(17,18)19/h2-6,22H,1H3,(H,20,21). The Morgan fingerprint density at radius 2 is 1.85 bits per heavy atom. The van der Waals surface area contributed by atoms with Crippen LogP contribution in [0.2, 0.25) is 10.0 Å². The van der Waals surface area contributed by atoms with E-state index in [0.717, 1.165) is 13.2 Å². The molecule has 1 aromatic carbocycles. The van der Waals surface area contributed by atoms with Gasteiger partial charge in [0.05, 0.1) is 28.3 Å². The van der Waals surface area contributed by atoms with Gasteiger partial charge in [-0.3, -0.25) is 5.43 Å². The van der Waals surface area contributed by atoms with Gasteiger partial charge in [0.1, 0.15) is 4.90 Å².